The van der Waals surface area contributed by atoms with E-state index in [4.69, 9.17) is 5.11 Å². The molecule has 1 aliphatic carbocycles. The maximum absolute atomic E-state index is 10.6. The molecule has 29 heavy (non-hydrogen) atoms. The van der Waals surface area contributed by atoms with Crippen molar-refractivity contribution in [1.82, 2.24) is 0 Å². The van der Waals surface area contributed by atoms with E-state index >= 15 is 0 Å². The summed E-state index contributed by atoms with van der Waals surface area (Å²) in [7, 11) is 0. The Morgan fingerprint density at radius 1 is 1.24 bits per heavy atom. The third-order valence-corrected chi connectivity index (χ3v) is 7.00. The van der Waals surface area contributed by atoms with Crippen LogP contribution in [0.5, 0.6) is 0 Å². The summed E-state index contributed by atoms with van der Waals surface area (Å²) in [6, 6.07) is 10.1. The highest BCUT2D eigenvalue weighted by Gasteiger charge is 2.35. The second-order valence-electron chi connectivity index (χ2n) is 7.98. The van der Waals surface area contributed by atoms with Crippen LogP contribution in [0, 0.1) is 11.8 Å². The van der Waals surface area contributed by atoms with Gasteiger partial charge in [-0.25, -0.2) is 0 Å². The second-order valence-corrected chi connectivity index (χ2v) is 9.10. The predicted octanol–water partition coefficient (Wildman–Crippen LogP) is 5.47. The van der Waals surface area contributed by atoms with Gasteiger partial charge in [0.25, 0.3) is 0 Å². The van der Waals surface area contributed by atoms with Crippen molar-refractivity contribution < 1.29 is 20.1 Å². The fourth-order valence-electron chi connectivity index (χ4n) is 4.23. The van der Waals surface area contributed by atoms with E-state index < -0.39 is 18.2 Å². The van der Waals surface area contributed by atoms with Gasteiger partial charge in [0.15, 0.2) is 0 Å². The summed E-state index contributed by atoms with van der Waals surface area (Å²) in [5.74, 6) is -0.546. The van der Waals surface area contributed by atoms with Gasteiger partial charge in [0.2, 0.25) is 0 Å². The van der Waals surface area contributed by atoms with E-state index in [2.05, 4.69) is 12.6 Å². The Labute approximate surface area is 176 Å². The molecular weight excluding hydrogens is 384 g/mol. The molecule has 0 aliphatic heterocycles. The molecule has 1 aliphatic rings. The van der Waals surface area contributed by atoms with Crippen molar-refractivity contribution in [2.75, 3.05) is 0 Å². The number of hydrogen-bond acceptors (Lipinski definition) is 4. The minimum absolute atomic E-state index is 0.0769. The van der Waals surface area contributed by atoms with E-state index in [1.165, 1.54) is 0 Å². The molecule has 3 N–H and O–H groups in total. The Balaban J connectivity index is 1.56. The Morgan fingerprint density at radius 3 is 2.76 bits per heavy atom. The minimum Gasteiger partial charge on any atom is -0.481 e. The van der Waals surface area contributed by atoms with Gasteiger partial charge < -0.3 is 15.3 Å². The van der Waals surface area contributed by atoms with Gasteiger partial charge in [-0.2, -0.15) is 0 Å². The van der Waals surface area contributed by atoms with E-state index in [1.54, 1.807) is 11.3 Å². The standard InChI is InChI=1S/C24H30O4S/c1-16-14-21(26)19(9-4-2-3-5-11-24(27)28)18(16)12-13-20(25)23-15-17-8-6-7-10-22(17)29-23/h6-8,10,12-13,15,18-21,25-26H,1-5,9,11,14H2,(H,27,28)/b13-12+/t18-,19+,20+,21-/m0/s1. The van der Waals surface area contributed by atoms with Crippen molar-refractivity contribution >= 4 is 27.4 Å². The number of aliphatic carboxylic acids is 1. The van der Waals surface area contributed by atoms with E-state index in [9.17, 15) is 15.0 Å². The summed E-state index contributed by atoms with van der Waals surface area (Å²) in [6.45, 7) is 4.14. The van der Waals surface area contributed by atoms with E-state index in [-0.39, 0.29) is 18.3 Å². The number of benzene rings is 1. The highest BCUT2D eigenvalue weighted by molar-refractivity contribution is 7.19. The number of carboxylic acid groups (broad SMARTS) is 1. The fraction of sp³-hybridized carbons (Fsp3) is 0.458. The lowest BCUT2D eigenvalue weighted by Gasteiger charge is -2.20. The van der Waals surface area contributed by atoms with E-state index in [0.717, 1.165) is 46.2 Å². The lowest BCUT2D eigenvalue weighted by Crippen LogP contribution is -2.18. The molecule has 1 fully saturated rings. The lowest BCUT2D eigenvalue weighted by molar-refractivity contribution is -0.137. The number of allylic oxidation sites excluding steroid dienone is 1. The first-order valence-electron chi connectivity index (χ1n) is 10.4. The summed E-state index contributed by atoms with van der Waals surface area (Å²) in [6.07, 6.45) is 8.08. The molecule has 0 radical (unpaired) electrons. The first kappa shape index (κ1) is 21.8. The van der Waals surface area contributed by atoms with Crippen molar-refractivity contribution in [3.8, 4) is 0 Å². The SMILES string of the molecule is C=C1C[C@H](O)[C@H](CCCCCCC(=O)O)[C@H]1/C=C/[C@@H](O)c1cc2ccccc2s1. The average molecular weight is 415 g/mol. The van der Waals surface area contributed by atoms with Gasteiger partial charge in [-0.15, -0.1) is 11.3 Å². The number of unbranched alkanes of at least 4 members (excludes halogenated alkanes) is 3. The molecule has 1 saturated carbocycles. The van der Waals surface area contributed by atoms with Crippen molar-refractivity contribution in [3.05, 3.63) is 59.5 Å². The number of carbonyl (C=O) groups is 1. The number of aliphatic hydroxyl groups excluding tert-OH is 2. The molecule has 4 nitrogen and oxygen atoms in total. The van der Waals surface area contributed by atoms with Crippen LogP contribution < -0.4 is 0 Å². The molecule has 156 valence electrons. The van der Waals surface area contributed by atoms with Crippen LogP contribution in [-0.4, -0.2) is 27.4 Å². The monoisotopic (exact) mass is 414 g/mol. The normalized spacial score (nSPS) is 23.2. The number of hydrogen-bond donors (Lipinski definition) is 3. The molecule has 0 spiro atoms. The fourth-order valence-corrected chi connectivity index (χ4v) is 5.26. The van der Waals surface area contributed by atoms with E-state index in [0.29, 0.717) is 12.8 Å². The number of thiophene rings is 1. The van der Waals surface area contributed by atoms with Gasteiger partial charge >= 0.3 is 5.97 Å². The Kier molecular flexibility index (Phi) is 7.64. The molecule has 2 aromatic rings. The van der Waals surface area contributed by atoms with Crippen LogP contribution in [0.3, 0.4) is 0 Å². The van der Waals surface area contributed by atoms with Crippen LogP contribution in [0.2, 0.25) is 0 Å². The molecule has 3 rings (SSSR count). The predicted molar refractivity (Wildman–Crippen MR) is 118 cm³/mol. The molecule has 0 unspecified atom stereocenters. The Morgan fingerprint density at radius 2 is 2.00 bits per heavy atom. The van der Waals surface area contributed by atoms with Gasteiger partial charge in [-0.05, 0) is 42.7 Å². The van der Waals surface area contributed by atoms with Crippen LogP contribution in [0.1, 0.15) is 55.9 Å². The van der Waals surface area contributed by atoms with Crippen LogP contribution in [-0.2, 0) is 4.79 Å². The number of rotatable bonds is 10. The van der Waals surface area contributed by atoms with Crippen LogP contribution >= 0.6 is 11.3 Å². The van der Waals surface area contributed by atoms with Gasteiger partial charge in [0.1, 0.15) is 6.10 Å². The molecule has 0 amide bonds. The van der Waals surface area contributed by atoms with Crippen LogP contribution in [0.4, 0.5) is 0 Å². The molecule has 0 bridgehead atoms. The smallest absolute Gasteiger partial charge is 0.303 e. The maximum atomic E-state index is 10.6. The zero-order valence-electron chi connectivity index (χ0n) is 16.7. The number of aliphatic hydroxyl groups is 2. The van der Waals surface area contributed by atoms with Gasteiger partial charge in [0.05, 0.1) is 6.10 Å². The molecule has 4 atom stereocenters. The summed E-state index contributed by atoms with van der Waals surface area (Å²) in [5, 5.41) is 30.9. The van der Waals surface area contributed by atoms with Crippen molar-refractivity contribution in [2.24, 2.45) is 11.8 Å². The quantitative estimate of drug-likeness (QED) is 0.356. The third kappa shape index (κ3) is 5.78. The first-order valence-corrected chi connectivity index (χ1v) is 11.2. The molecule has 1 aromatic carbocycles. The minimum atomic E-state index is -0.741. The summed E-state index contributed by atoms with van der Waals surface area (Å²) >= 11 is 1.60. The summed E-state index contributed by atoms with van der Waals surface area (Å²) < 4.78 is 1.16. The summed E-state index contributed by atoms with van der Waals surface area (Å²) in [4.78, 5) is 11.5. The average Bonchev–Trinajstić information content (AvgIpc) is 3.23. The number of carboxylic acids is 1. The van der Waals surface area contributed by atoms with Gasteiger partial charge in [-0.3, -0.25) is 4.79 Å². The van der Waals surface area contributed by atoms with Crippen molar-refractivity contribution in [3.63, 3.8) is 0 Å². The zero-order chi connectivity index (χ0) is 20.8. The molecule has 1 heterocycles. The maximum Gasteiger partial charge on any atom is 0.303 e. The van der Waals surface area contributed by atoms with Crippen molar-refractivity contribution in [1.29, 1.82) is 0 Å². The molecule has 5 heteroatoms. The highest BCUT2D eigenvalue weighted by Crippen LogP contribution is 2.40. The summed E-state index contributed by atoms with van der Waals surface area (Å²) in [5.41, 5.74) is 1.02. The van der Waals surface area contributed by atoms with Gasteiger partial charge in [-0.1, -0.05) is 61.8 Å². The third-order valence-electron chi connectivity index (χ3n) is 5.81. The molecule has 1 aromatic heterocycles. The molecule has 0 saturated heterocycles. The zero-order valence-corrected chi connectivity index (χ0v) is 17.5. The van der Waals surface area contributed by atoms with Crippen molar-refractivity contribution in [2.45, 2.75) is 57.2 Å². The number of fused-ring (bicyclic) bond motifs is 1. The Bertz CT molecular complexity index is 836. The topological polar surface area (TPSA) is 77.8 Å². The van der Waals surface area contributed by atoms with Gasteiger partial charge in [0, 0.05) is 21.9 Å². The van der Waals surface area contributed by atoms with Crippen LogP contribution in [0.25, 0.3) is 10.1 Å². The second kappa shape index (κ2) is 10.2. The lowest BCUT2D eigenvalue weighted by atomic mass is 9.87. The molecular formula is C24H30O4S. The Hall–Kier alpha value is -1.95. The highest BCUT2D eigenvalue weighted by atomic mass is 32.1. The first-order chi connectivity index (χ1) is 14.0. The van der Waals surface area contributed by atoms with E-state index in [1.807, 2.05) is 36.4 Å². The largest absolute Gasteiger partial charge is 0.481 e. The van der Waals surface area contributed by atoms with Crippen LogP contribution in [0.15, 0.2) is 54.6 Å².